The third-order valence-electron chi connectivity index (χ3n) is 2.61. The van der Waals surface area contributed by atoms with Crippen molar-refractivity contribution in [2.45, 2.75) is 4.90 Å². The molecule has 0 atom stereocenters. The zero-order chi connectivity index (χ0) is 13.3. The Bertz CT molecular complexity index is 557. The minimum absolute atomic E-state index is 0.112. The summed E-state index contributed by atoms with van der Waals surface area (Å²) in [5, 5.41) is 0. The third-order valence-corrected chi connectivity index (χ3v) is 5.45. The van der Waals surface area contributed by atoms with Gasteiger partial charge in [-0.2, -0.15) is 16.1 Å². The monoisotopic (exact) mass is 294 g/mol. The maximum atomic E-state index is 13.6. The van der Waals surface area contributed by atoms with Gasteiger partial charge < -0.3 is 5.73 Å². The van der Waals surface area contributed by atoms with E-state index in [0.717, 1.165) is 16.4 Å². The molecule has 0 bridgehead atoms. The molecule has 0 aliphatic carbocycles. The van der Waals surface area contributed by atoms with E-state index in [1.54, 1.807) is 11.8 Å². The SMILES string of the molecule is Nc1cc(F)c(F)c(S(=O)(=O)N2CCSCC2)c1. The molecule has 0 spiro atoms. The second-order valence-corrected chi connectivity index (χ2v) is 6.96. The van der Waals surface area contributed by atoms with Crippen molar-refractivity contribution in [1.82, 2.24) is 4.31 Å². The van der Waals surface area contributed by atoms with Crippen molar-refractivity contribution in [2.24, 2.45) is 0 Å². The zero-order valence-corrected chi connectivity index (χ0v) is 11.0. The van der Waals surface area contributed by atoms with Crippen molar-refractivity contribution in [3.8, 4) is 0 Å². The van der Waals surface area contributed by atoms with E-state index in [1.807, 2.05) is 0 Å². The lowest BCUT2D eigenvalue weighted by atomic mass is 10.3. The summed E-state index contributed by atoms with van der Waals surface area (Å²) in [4.78, 5) is -0.688. The maximum Gasteiger partial charge on any atom is 0.246 e. The molecule has 8 heteroatoms. The summed E-state index contributed by atoms with van der Waals surface area (Å²) in [6, 6.07) is 1.72. The number of rotatable bonds is 2. The number of benzene rings is 1. The van der Waals surface area contributed by atoms with Crippen LogP contribution in [0.5, 0.6) is 0 Å². The molecule has 1 aliphatic heterocycles. The van der Waals surface area contributed by atoms with Crippen LogP contribution < -0.4 is 5.73 Å². The number of nitrogen functional groups attached to an aromatic ring is 1. The van der Waals surface area contributed by atoms with Crippen LogP contribution in [-0.4, -0.2) is 37.3 Å². The van der Waals surface area contributed by atoms with E-state index in [2.05, 4.69) is 0 Å². The highest BCUT2D eigenvalue weighted by Gasteiger charge is 2.30. The summed E-state index contributed by atoms with van der Waals surface area (Å²) in [6.45, 7) is 0.589. The van der Waals surface area contributed by atoms with Crippen LogP contribution >= 0.6 is 11.8 Å². The predicted octanol–water partition coefficient (Wildman–Crippen LogP) is 1.28. The van der Waals surface area contributed by atoms with Gasteiger partial charge in [-0.05, 0) is 12.1 Å². The Balaban J connectivity index is 2.46. The third kappa shape index (κ3) is 2.45. The van der Waals surface area contributed by atoms with E-state index >= 15 is 0 Å². The molecule has 2 rings (SSSR count). The summed E-state index contributed by atoms with van der Waals surface area (Å²) in [7, 11) is -4.01. The number of nitrogens with two attached hydrogens (primary N) is 1. The Kier molecular flexibility index (Phi) is 3.79. The molecule has 0 saturated carbocycles. The van der Waals surface area contributed by atoms with E-state index in [1.165, 1.54) is 0 Å². The van der Waals surface area contributed by atoms with Crippen LogP contribution in [0.4, 0.5) is 14.5 Å². The van der Waals surface area contributed by atoms with Gasteiger partial charge in [0.05, 0.1) is 0 Å². The van der Waals surface area contributed by atoms with Crippen molar-refractivity contribution in [3.05, 3.63) is 23.8 Å². The normalized spacial score (nSPS) is 17.9. The quantitative estimate of drug-likeness (QED) is 0.835. The van der Waals surface area contributed by atoms with Gasteiger partial charge in [0, 0.05) is 30.3 Å². The molecule has 0 aromatic heterocycles. The summed E-state index contributed by atoms with van der Waals surface area (Å²) in [6.07, 6.45) is 0. The van der Waals surface area contributed by atoms with E-state index in [0.29, 0.717) is 24.6 Å². The summed E-state index contributed by atoms with van der Waals surface area (Å²) in [5.41, 5.74) is 5.25. The van der Waals surface area contributed by atoms with Crippen LogP contribution in [0.2, 0.25) is 0 Å². The predicted molar refractivity (Wildman–Crippen MR) is 66.9 cm³/mol. The Hall–Kier alpha value is -0.860. The molecular weight excluding hydrogens is 282 g/mol. The molecule has 18 heavy (non-hydrogen) atoms. The molecular formula is C10H12F2N2O2S2. The van der Waals surface area contributed by atoms with Crippen molar-refractivity contribution >= 4 is 27.5 Å². The smallest absolute Gasteiger partial charge is 0.246 e. The number of thioether (sulfide) groups is 1. The van der Waals surface area contributed by atoms with Crippen LogP contribution in [0.15, 0.2) is 17.0 Å². The second kappa shape index (κ2) is 5.02. The largest absolute Gasteiger partial charge is 0.399 e. The van der Waals surface area contributed by atoms with Crippen LogP contribution in [-0.2, 0) is 10.0 Å². The molecule has 0 amide bonds. The summed E-state index contributed by atoms with van der Waals surface area (Å²) >= 11 is 1.62. The molecule has 0 unspecified atom stereocenters. The topological polar surface area (TPSA) is 63.4 Å². The van der Waals surface area contributed by atoms with Crippen molar-refractivity contribution in [1.29, 1.82) is 0 Å². The number of nitrogens with zero attached hydrogens (tertiary/aromatic N) is 1. The number of halogens is 2. The average molecular weight is 294 g/mol. The van der Waals surface area contributed by atoms with E-state index < -0.39 is 26.6 Å². The van der Waals surface area contributed by atoms with Gasteiger partial charge in [-0.25, -0.2) is 17.2 Å². The van der Waals surface area contributed by atoms with Gasteiger partial charge in [0.2, 0.25) is 10.0 Å². The first-order valence-electron chi connectivity index (χ1n) is 5.25. The van der Waals surface area contributed by atoms with Crippen molar-refractivity contribution in [2.75, 3.05) is 30.3 Å². The number of hydrogen-bond donors (Lipinski definition) is 1. The Morgan fingerprint density at radius 1 is 1.22 bits per heavy atom. The minimum atomic E-state index is -4.01. The van der Waals surface area contributed by atoms with Gasteiger partial charge in [0.25, 0.3) is 0 Å². The van der Waals surface area contributed by atoms with Gasteiger partial charge in [0.15, 0.2) is 11.6 Å². The Labute approximate surface area is 108 Å². The van der Waals surface area contributed by atoms with Crippen molar-refractivity contribution < 1.29 is 17.2 Å². The highest BCUT2D eigenvalue weighted by molar-refractivity contribution is 7.99. The molecule has 1 aromatic rings. The second-order valence-electron chi connectivity index (χ2n) is 3.83. The van der Waals surface area contributed by atoms with Crippen LogP contribution in [0, 0.1) is 11.6 Å². The maximum absolute atomic E-state index is 13.6. The number of hydrogen-bond acceptors (Lipinski definition) is 4. The molecule has 4 nitrogen and oxygen atoms in total. The van der Waals surface area contributed by atoms with E-state index in [9.17, 15) is 17.2 Å². The zero-order valence-electron chi connectivity index (χ0n) is 9.40. The average Bonchev–Trinajstić information content (AvgIpc) is 2.34. The van der Waals surface area contributed by atoms with Gasteiger partial charge in [-0.15, -0.1) is 0 Å². The fraction of sp³-hybridized carbons (Fsp3) is 0.400. The van der Waals surface area contributed by atoms with Gasteiger partial charge in [-0.1, -0.05) is 0 Å². The van der Waals surface area contributed by atoms with Gasteiger partial charge in [-0.3, -0.25) is 0 Å². The Morgan fingerprint density at radius 3 is 2.44 bits per heavy atom. The molecule has 100 valence electrons. The first-order valence-corrected chi connectivity index (χ1v) is 7.85. The Morgan fingerprint density at radius 2 is 1.83 bits per heavy atom. The number of sulfonamides is 1. The van der Waals surface area contributed by atoms with Crippen LogP contribution in [0.3, 0.4) is 0 Å². The van der Waals surface area contributed by atoms with E-state index in [-0.39, 0.29) is 5.69 Å². The first kappa shape index (κ1) is 13.6. The molecule has 2 N–H and O–H groups in total. The lowest BCUT2D eigenvalue weighted by molar-refractivity contribution is 0.431. The highest BCUT2D eigenvalue weighted by atomic mass is 32.2. The van der Waals surface area contributed by atoms with Crippen molar-refractivity contribution in [3.63, 3.8) is 0 Å². The first-order chi connectivity index (χ1) is 8.43. The molecule has 1 fully saturated rings. The minimum Gasteiger partial charge on any atom is -0.399 e. The molecule has 1 heterocycles. The lowest BCUT2D eigenvalue weighted by Gasteiger charge is -2.25. The highest BCUT2D eigenvalue weighted by Crippen LogP contribution is 2.26. The van der Waals surface area contributed by atoms with Gasteiger partial charge >= 0.3 is 0 Å². The van der Waals surface area contributed by atoms with Crippen LogP contribution in [0.1, 0.15) is 0 Å². The fourth-order valence-electron chi connectivity index (χ4n) is 1.70. The standard InChI is InChI=1S/C10H12F2N2O2S2/c11-8-5-7(13)6-9(10(8)12)18(15,16)14-1-3-17-4-2-14/h5-6H,1-4,13H2. The van der Waals surface area contributed by atoms with Gasteiger partial charge in [0.1, 0.15) is 4.90 Å². The lowest BCUT2D eigenvalue weighted by Crippen LogP contribution is -2.38. The number of anilines is 1. The van der Waals surface area contributed by atoms with Crippen LogP contribution in [0.25, 0.3) is 0 Å². The fourth-order valence-corrected chi connectivity index (χ4v) is 4.38. The molecule has 1 aromatic carbocycles. The summed E-state index contributed by atoms with van der Waals surface area (Å²) in [5.74, 6) is -1.33. The molecule has 1 saturated heterocycles. The molecule has 0 radical (unpaired) electrons. The molecule has 1 aliphatic rings. The summed E-state index contributed by atoms with van der Waals surface area (Å²) < 4.78 is 52.3. The van der Waals surface area contributed by atoms with E-state index in [4.69, 9.17) is 5.73 Å².